The standard InChI is InChI=1S/C22H22F4N6O6/c23-13-9-12(1-2-15(13)38-22(24,25)26)11-36-21(35)30-6-4-17-28-18(29-32(17)8-7-30)19(33)31-5-3-14-16(10-31)37-20(34)27-14/h1-2,9,14,16H,3-8,10-11H2,(H,27,34)/t14-,16-/m1/s1. The van der Waals surface area contributed by atoms with Gasteiger partial charge in [-0.3, -0.25) is 4.79 Å². The van der Waals surface area contributed by atoms with Crippen LogP contribution in [0.4, 0.5) is 27.2 Å². The van der Waals surface area contributed by atoms with Gasteiger partial charge in [0.25, 0.3) is 5.91 Å². The highest BCUT2D eigenvalue weighted by Crippen LogP contribution is 2.26. The van der Waals surface area contributed by atoms with Crippen molar-refractivity contribution in [1.82, 2.24) is 29.9 Å². The molecule has 1 aromatic carbocycles. The summed E-state index contributed by atoms with van der Waals surface area (Å²) in [4.78, 5) is 44.1. The van der Waals surface area contributed by atoms with E-state index in [0.29, 0.717) is 25.2 Å². The molecule has 2 saturated heterocycles. The molecule has 0 spiro atoms. The lowest BCUT2D eigenvalue weighted by Crippen LogP contribution is -2.50. The second-order valence-corrected chi connectivity index (χ2v) is 8.91. The van der Waals surface area contributed by atoms with Crippen LogP contribution in [0.2, 0.25) is 0 Å². The highest BCUT2D eigenvalue weighted by molar-refractivity contribution is 5.90. The maximum absolute atomic E-state index is 13.9. The number of piperidine rings is 1. The van der Waals surface area contributed by atoms with Crippen molar-refractivity contribution in [2.45, 2.75) is 44.5 Å². The predicted octanol–water partition coefficient (Wildman–Crippen LogP) is 1.83. The normalized spacial score (nSPS) is 21.1. The smallest absolute Gasteiger partial charge is 0.445 e. The van der Waals surface area contributed by atoms with Crippen LogP contribution in [0.5, 0.6) is 5.75 Å². The molecule has 0 radical (unpaired) electrons. The fourth-order valence-corrected chi connectivity index (χ4v) is 4.50. The van der Waals surface area contributed by atoms with Crippen LogP contribution in [0.25, 0.3) is 0 Å². The highest BCUT2D eigenvalue weighted by Gasteiger charge is 2.41. The van der Waals surface area contributed by atoms with Gasteiger partial charge in [-0.25, -0.2) is 23.6 Å². The van der Waals surface area contributed by atoms with Crippen molar-refractivity contribution >= 4 is 18.1 Å². The molecule has 2 atom stereocenters. The minimum Gasteiger partial charge on any atom is -0.445 e. The van der Waals surface area contributed by atoms with E-state index in [1.807, 2.05) is 0 Å². The molecule has 5 rings (SSSR count). The summed E-state index contributed by atoms with van der Waals surface area (Å²) in [5.74, 6) is -2.07. The molecule has 0 aliphatic carbocycles. The van der Waals surface area contributed by atoms with Crippen molar-refractivity contribution in [3.05, 3.63) is 41.2 Å². The van der Waals surface area contributed by atoms with Crippen LogP contribution >= 0.6 is 0 Å². The lowest BCUT2D eigenvalue weighted by Gasteiger charge is -2.32. The number of benzene rings is 1. The van der Waals surface area contributed by atoms with Gasteiger partial charge < -0.3 is 29.3 Å². The van der Waals surface area contributed by atoms with Gasteiger partial charge >= 0.3 is 18.5 Å². The summed E-state index contributed by atoms with van der Waals surface area (Å²) in [7, 11) is 0. The van der Waals surface area contributed by atoms with Gasteiger partial charge in [0.15, 0.2) is 11.6 Å². The molecule has 2 fully saturated rings. The third-order valence-corrected chi connectivity index (χ3v) is 6.38. The van der Waals surface area contributed by atoms with Crippen LogP contribution < -0.4 is 10.1 Å². The number of rotatable bonds is 4. The lowest BCUT2D eigenvalue weighted by atomic mass is 10.0. The zero-order valence-electron chi connectivity index (χ0n) is 19.7. The molecular weight excluding hydrogens is 520 g/mol. The Hall–Kier alpha value is -4.11. The zero-order chi connectivity index (χ0) is 27.0. The van der Waals surface area contributed by atoms with Crippen molar-refractivity contribution in [3.8, 4) is 5.75 Å². The Morgan fingerprint density at radius 3 is 2.74 bits per heavy atom. The summed E-state index contributed by atoms with van der Waals surface area (Å²) < 4.78 is 66.2. The number of alkyl halides is 3. The molecular formula is C22H22F4N6O6. The molecule has 12 nitrogen and oxygen atoms in total. The zero-order valence-corrected chi connectivity index (χ0v) is 19.7. The van der Waals surface area contributed by atoms with Gasteiger partial charge in [0.1, 0.15) is 18.5 Å². The SMILES string of the molecule is O=C1N[C@@H]2CCN(C(=O)c3nc4n(n3)CCN(C(=O)OCc3ccc(OC(F)(F)F)c(F)c3)CC4)C[C@H]2O1. The first-order valence-corrected chi connectivity index (χ1v) is 11.7. The summed E-state index contributed by atoms with van der Waals surface area (Å²) in [6.07, 6.45) is -5.79. The highest BCUT2D eigenvalue weighted by atomic mass is 19.4. The minimum absolute atomic E-state index is 0.0201. The van der Waals surface area contributed by atoms with Gasteiger partial charge in [-0.2, -0.15) is 0 Å². The summed E-state index contributed by atoms with van der Waals surface area (Å²) in [6, 6.07) is 2.64. The van der Waals surface area contributed by atoms with E-state index in [9.17, 15) is 31.9 Å². The Labute approximate surface area is 212 Å². The average molecular weight is 542 g/mol. The number of nitrogens with zero attached hydrogens (tertiary/aromatic N) is 5. The van der Waals surface area contributed by atoms with Crippen molar-refractivity contribution in [1.29, 1.82) is 0 Å². The van der Waals surface area contributed by atoms with Gasteiger partial charge in [-0.15, -0.1) is 18.3 Å². The molecule has 38 heavy (non-hydrogen) atoms. The number of ether oxygens (including phenoxy) is 3. The quantitative estimate of drug-likeness (QED) is 0.580. The maximum atomic E-state index is 13.9. The van der Waals surface area contributed by atoms with Crippen molar-refractivity contribution < 1.29 is 46.2 Å². The monoisotopic (exact) mass is 542 g/mol. The second kappa shape index (κ2) is 9.98. The summed E-state index contributed by atoms with van der Waals surface area (Å²) >= 11 is 0. The third-order valence-electron chi connectivity index (χ3n) is 6.38. The molecule has 16 heteroatoms. The number of carbonyl (C=O) groups is 3. The van der Waals surface area contributed by atoms with E-state index in [-0.39, 0.29) is 56.1 Å². The predicted molar refractivity (Wildman–Crippen MR) is 116 cm³/mol. The van der Waals surface area contributed by atoms with E-state index in [1.54, 1.807) is 9.58 Å². The Balaban J connectivity index is 1.13. The topological polar surface area (TPSA) is 128 Å². The molecule has 0 saturated carbocycles. The first-order chi connectivity index (χ1) is 18.1. The Kier molecular flexibility index (Phi) is 6.71. The number of carbonyl (C=O) groups excluding carboxylic acids is 3. The number of nitrogens with one attached hydrogen (secondary N) is 1. The van der Waals surface area contributed by atoms with Gasteiger partial charge in [0.05, 0.1) is 19.1 Å². The van der Waals surface area contributed by atoms with E-state index < -0.39 is 36.2 Å². The van der Waals surface area contributed by atoms with Crippen LogP contribution in [0, 0.1) is 5.82 Å². The van der Waals surface area contributed by atoms with Crippen LogP contribution in [0.15, 0.2) is 18.2 Å². The Morgan fingerprint density at radius 1 is 1.16 bits per heavy atom. The summed E-state index contributed by atoms with van der Waals surface area (Å²) in [5, 5.41) is 7.00. The second-order valence-electron chi connectivity index (χ2n) is 8.91. The van der Waals surface area contributed by atoms with E-state index in [0.717, 1.165) is 18.2 Å². The van der Waals surface area contributed by atoms with E-state index in [1.165, 1.54) is 4.90 Å². The van der Waals surface area contributed by atoms with E-state index in [4.69, 9.17) is 9.47 Å². The van der Waals surface area contributed by atoms with Gasteiger partial charge in [0, 0.05) is 26.1 Å². The van der Waals surface area contributed by atoms with E-state index >= 15 is 0 Å². The number of alkyl carbamates (subject to hydrolysis) is 1. The van der Waals surface area contributed by atoms with E-state index in [2.05, 4.69) is 20.1 Å². The maximum Gasteiger partial charge on any atom is 0.573 e. The first-order valence-electron chi connectivity index (χ1n) is 11.7. The molecule has 2 aromatic rings. The summed E-state index contributed by atoms with van der Waals surface area (Å²) in [5.41, 5.74) is 0.144. The number of halogens is 4. The molecule has 4 heterocycles. The number of hydrogen-bond acceptors (Lipinski definition) is 8. The van der Waals surface area contributed by atoms with Crippen molar-refractivity contribution in [2.24, 2.45) is 0 Å². The van der Waals surface area contributed by atoms with Gasteiger partial charge in [-0.05, 0) is 24.1 Å². The van der Waals surface area contributed by atoms with Crippen LogP contribution in [0.1, 0.15) is 28.4 Å². The number of likely N-dealkylation sites (tertiary alicyclic amines) is 1. The van der Waals surface area contributed by atoms with Crippen LogP contribution in [-0.2, 0) is 29.0 Å². The number of amides is 3. The van der Waals surface area contributed by atoms with Crippen molar-refractivity contribution in [3.63, 3.8) is 0 Å². The molecule has 1 N–H and O–H groups in total. The Morgan fingerprint density at radius 2 is 1.97 bits per heavy atom. The molecule has 0 unspecified atom stereocenters. The Bertz CT molecular complexity index is 1230. The minimum atomic E-state index is -5.03. The fraction of sp³-hybridized carbons (Fsp3) is 0.500. The first kappa shape index (κ1) is 25.5. The fourth-order valence-electron chi connectivity index (χ4n) is 4.50. The van der Waals surface area contributed by atoms with Crippen molar-refractivity contribution in [2.75, 3.05) is 26.2 Å². The molecule has 3 aliphatic heterocycles. The third kappa shape index (κ3) is 5.57. The van der Waals surface area contributed by atoms with Crippen LogP contribution in [-0.4, -0.2) is 87.3 Å². The molecule has 3 amide bonds. The van der Waals surface area contributed by atoms with Crippen LogP contribution in [0.3, 0.4) is 0 Å². The number of aromatic nitrogens is 3. The number of fused-ring (bicyclic) bond motifs is 2. The number of hydrogen-bond donors (Lipinski definition) is 1. The van der Waals surface area contributed by atoms with Gasteiger partial charge in [-0.1, -0.05) is 6.07 Å². The van der Waals surface area contributed by atoms with Gasteiger partial charge in [0.2, 0.25) is 5.82 Å². The molecule has 3 aliphatic rings. The molecule has 204 valence electrons. The molecule has 1 aromatic heterocycles. The lowest BCUT2D eigenvalue weighted by molar-refractivity contribution is -0.275. The largest absolute Gasteiger partial charge is 0.573 e. The molecule has 0 bridgehead atoms. The summed E-state index contributed by atoms with van der Waals surface area (Å²) in [6.45, 7) is 0.970. The average Bonchev–Trinajstić information content (AvgIpc) is 3.38.